The Morgan fingerprint density at radius 2 is 1.64 bits per heavy atom. The van der Waals surface area contributed by atoms with E-state index in [0.29, 0.717) is 49.4 Å². The van der Waals surface area contributed by atoms with Crippen LogP contribution in [-0.4, -0.2) is 71.2 Å². The highest BCUT2D eigenvalue weighted by molar-refractivity contribution is 6.08. The van der Waals surface area contributed by atoms with E-state index in [1.165, 1.54) is 0 Å². The molecule has 1 atom stereocenters. The minimum atomic E-state index is -0.564. The second kappa shape index (κ2) is 9.80. The standard InChI is InChI=1S/C24H35N5O4/c1-15(18-6-5-7-19(20(18)25)21(26)30)27-17-9-12-28(13-10-17)22(31)16-8-11-29(14-16)23(32)33-24(2,3)4/h5-7,16-17H,8-14,25H2,1-4H3,(H2,26,30). The van der Waals surface area contributed by atoms with Crippen molar-refractivity contribution in [3.05, 3.63) is 29.3 Å². The molecule has 3 rings (SSSR count). The van der Waals surface area contributed by atoms with Gasteiger partial charge in [-0.05, 0) is 53.0 Å². The Balaban J connectivity index is 1.55. The fourth-order valence-electron chi connectivity index (χ4n) is 4.37. The van der Waals surface area contributed by atoms with E-state index in [2.05, 4.69) is 0 Å². The fraction of sp³-hybridized carbons (Fsp3) is 0.583. The van der Waals surface area contributed by atoms with E-state index >= 15 is 0 Å². The van der Waals surface area contributed by atoms with Crippen molar-refractivity contribution in [1.82, 2.24) is 9.80 Å². The molecular formula is C24H35N5O4. The molecule has 180 valence electrons. The van der Waals surface area contributed by atoms with Gasteiger partial charge in [0.05, 0.1) is 23.2 Å². The minimum Gasteiger partial charge on any atom is -0.444 e. The topological polar surface area (TPSA) is 131 Å². The zero-order valence-electron chi connectivity index (χ0n) is 20.0. The zero-order chi connectivity index (χ0) is 24.3. The van der Waals surface area contributed by atoms with Crippen molar-refractivity contribution in [3.63, 3.8) is 0 Å². The van der Waals surface area contributed by atoms with Gasteiger partial charge in [0.15, 0.2) is 0 Å². The average Bonchev–Trinajstić information content (AvgIpc) is 3.23. The van der Waals surface area contributed by atoms with Gasteiger partial charge in [-0.1, -0.05) is 12.1 Å². The molecule has 33 heavy (non-hydrogen) atoms. The Labute approximate surface area is 195 Å². The van der Waals surface area contributed by atoms with Crippen molar-refractivity contribution in [2.45, 2.75) is 58.6 Å². The van der Waals surface area contributed by atoms with E-state index < -0.39 is 11.5 Å². The molecule has 0 radical (unpaired) electrons. The van der Waals surface area contributed by atoms with Gasteiger partial charge in [-0.15, -0.1) is 0 Å². The summed E-state index contributed by atoms with van der Waals surface area (Å²) in [6.07, 6.45) is 1.80. The summed E-state index contributed by atoms with van der Waals surface area (Å²) < 4.78 is 5.42. The van der Waals surface area contributed by atoms with Gasteiger partial charge in [0.1, 0.15) is 5.60 Å². The predicted octanol–water partition coefficient (Wildman–Crippen LogP) is 2.42. The first-order valence-electron chi connectivity index (χ1n) is 11.5. The van der Waals surface area contributed by atoms with Gasteiger partial charge < -0.3 is 26.0 Å². The van der Waals surface area contributed by atoms with Gasteiger partial charge in [0, 0.05) is 37.5 Å². The number of anilines is 1. The molecule has 2 aliphatic rings. The molecule has 3 amide bonds. The number of hydrogen-bond donors (Lipinski definition) is 2. The summed E-state index contributed by atoms with van der Waals surface area (Å²) in [5, 5.41) is 0. The van der Waals surface area contributed by atoms with Crippen molar-refractivity contribution in [2.24, 2.45) is 16.6 Å². The molecule has 1 aromatic carbocycles. The summed E-state index contributed by atoms with van der Waals surface area (Å²) in [4.78, 5) is 45.1. The summed E-state index contributed by atoms with van der Waals surface area (Å²) in [5.41, 5.74) is 13.1. The van der Waals surface area contributed by atoms with E-state index in [0.717, 1.165) is 18.6 Å². The van der Waals surface area contributed by atoms with E-state index in [1.54, 1.807) is 17.0 Å². The lowest BCUT2D eigenvalue weighted by atomic mass is 10.0. The molecule has 9 nitrogen and oxygen atoms in total. The van der Waals surface area contributed by atoms with Crippen molar-refractivity contribution in [1.29, 1.82) is 0 Å². The number of nitrogen functional groups attached to an aromatic ring is 1. The lowest BCUT2D eigenvalue weighted by Crippen LogP contribution is -2.44. The average molecular weight is 458 g/mol. The number of ether oxygens (including phenoxy) is 1. The minimum absolute atomic E-state index is 0.0764. The lowest BCUT2D eigenvalue weighted by Gasteiger charge is -2.32. The number of aliphatic imine (C=N–C) groups is 1. The SMILES string of the molecule is CC(=NC1CCN(C(=O)C2CCN(C(=O)OC(C)(C)C)C2)CC1)c1cccc(C(N)=O)c1N. The Hall–Kier alpha value is -3.10. The lowest BCUT2D eigenvalue weighted by molar-refractivity contribution is -0.136. The van der Waals surface area contributed by atoms with Crippen LogP contribution < -0.4 is 11.5 Å². The molecule has 1 unspecified atom stereocenters. The van der Waals surface area contributed by atoms with E-state index in [9.17, 15) is 14.4 Å². The number of benzene rings is 1. The largest absolute Gasteiger partial charge is 0.444 e. The van der Waals surface area contributed by atoms with Crippen LogP contribution in [0.4, 0.5) is 10.5 Å². The number of para-hydroxylation sites is 1. The van der Waals surface area contributed by atoms with Crippen LogP contribution >= 0.6 is 0 Å². The molecule has 0 spiro atoms. The first-order chi connectivity index (χ1) is 15.5. The molecule has 1 aromatic rings. The number of amides is 3. The fourth-order valence-corrected chi connectivity index (χ4v) is 4.37. The van der Waals surface area contributed by atoms with Crippen LogP contribution in [0.25, 0.3) is 0 Å². The smallest absolute Gasteiger partial charge is 0.410 e. The molecule has 2 fully saturated rings. The van der Waals surface area contributed by atoms with Crippen molar-refractivity contribution >= 4 is 29.3 Å². The Bertz CT molecular complexity index is 945. The maximum Gasteiger partial charge on any atom is 0.410 e. The summed E-state index contributed by atoms with van der Waals surface area (Å²) >= 11 is 0. The summed E-state index contributed by atoms with van der Waals surface area (Å²) in [5.74, 6) is -0.652. The van der Waals surface area contributed by atoms with Crippen LogP contribution in [0.2, 0.25) is 0 Å². The number of likely N-dealkylation sites (tertiary alicyclic amines) is 2. The quantitative estimate of drug-likeness (QED) is 0.529. The third-order valence-corrected chi connectivity index (χ3v) is 6.10. The molecule has 2 aliphatic heterocycles. The first-order valence-corrected chi connectivity index (χ1v) is 11.5. The van der Waals surface area contributed by atoms with Crippen LogP contribution in [0.3, 0.4) is 0 Å². The van der Waals surface area contributed by atoms with Gasteiger partial charge in [-0.25, -0.2) is 4.79 Å². The third-order valence-electron chi connectivity index (χ3n) is 6.10. The van der Waals surface area contributed by atoms with Gasteiger partial charge >= 0.3 is 6.09 Å². The molecule has 2 heterocycles. The number of primary amides is 1. The molecular weight excluding hydrogens is 422 g/mol. The first kappa shape index (κ1) is 24.5. The number of carbonyl (C=O) groups is 3. The molecule has 2 saturated heterocycles. The molecule has 0 saturated carbocycles. The van der Waals surface area contributed by atoms with Crippen molar-refractivity contribution in [3.8, 4) is 0 Å². The van der Waals surface area contributed by atoms with Crippen molar-refractivity contribution in [2.75, 3.05) is 31.9 Å². The van der Waals surface area contributed by atoms with Crippen LogP contribution in [0.5, 0.6) is 0 Å². The maximum atomic E-state index is 13.0. The Morgan fingerprint density at radius 1 is 1.03 bits per heavy atom. The second-order valence-corrected chi connectivity index (χ2v) is 9.81. The molecule has 9 heteroatoms. The van der Waals surface area contributed by atoms with Crippen LogP contribution in [0.15, 0.2) is 23.2 Å². The van der Waals surface area contributed by atoms with Gasteiger partial charge in [-0.3, -0.25) is 14.6 Å². The number of hydrogen-bond acceptors (Lipinski definition) is 6. The summed E-state index contributed by atoms with van der Waals surface area (Å²) in [6.45, 7) is 9.57. The Morgan fingerprint density at radius 3 is 2.24 bits per heavy atom. The van der Waals surface area contributed by atoms with E-state index in [4.69, 9.17) is 21.2 Å². The normalized spacial score (nSPS) is 20.1. The third kappa shape index (κ3) is 6.03. The van der Waals surface area contributed by atoms with Gasteiger partial charge in [0.2, 0.25) is 5.91 Å². The maximum absolute atomic E-state index is 13.0. The highest BCUT2D eigenvalue weighted by Crippen LogP contribution is 2.25. The van der Waals surface area contributed by atoms with Gasteiger partial charge in [-0.2, -0.15) is 0 Å². The number of carbonyl (C=O) groups excluding carboxylic acids is 3. The van der Waals surface area contributed by atoms with Crippen LogP contribution in [0.1, 0.15) is 62.9 Å². The summed E-state index contributed by atoms with van der Waals surface area (Å²) in [6, 6.07) is 5.25. The molecule has 0 bridgehead atoms. The predicted molar refractivity (Wildman–Crippen MR) is 127 cm³/mol. The monoisotopic (exact) mass is 457 g/mol. The second-order valence-electron chi connectivity index (χ2n) is 9.81. The highest BCUT2D eigenvalue weighted by atomic mass is 16.6. The van der Waals surface area contributed by atoms with Crippen molar-refractivity contribution < 1.29 is 19.1 Å². The molecule has 0 aromatic heterocycles. The summed E-state index contributed by atoms with van der Waals surface area (Å²) in [7, 11) is 0. The van der Waals surface area contributed by atoms with Gasteiger partial charge in [0.25, 0.3) is 5.91 Å². The van der Waals surface area contributed by atoms with E-state index in [1.807, 2.05) is 38.7 Å². The highest BCUT2D eigenvalue weighted by Gasteiger charge is 2.36. The number of piperidine rings is 1. The molecule has 4 N–H and O–H groups in total. The number of nitrogens with zero attached hydrogens (tertiary/aromatic N) is 3. The number of rotatable bonds is 4. The zero-order valence-corrected chi connectivity index (χ0v) is 20.0. The number of nitrogens with two attached hydrogens (primary N) is 2. The van der Waals surface area contributed by atoms with Crippen LogP contribution in [0, 0.1) is 5.92 Å². The molecule has 0 aliphatic carbocycles. The van der Waals surface area contributed by atoms with Crippen LogP contribution in [-0.2, 0) is 9.53 Å². The Kier molecular flexibility index (Phi) is 7.29. The van der Waals surface area contributed by atoms with E-state index in [-0.39, 0.29) is 24.0 Å².